The number of hydrogen-bond donors (Lipinski definition) is 3. The van der Waals surface area contributed by atoms with Gasteiger partial charge < -0.3 is 15.6 Å². The predicted octanol–water partition coefficient (Wildman–Crippen LogP) is 3.26. The van der Waals surface area contributed by atoms with Gasteiger partial charge in [-0.3, -0.25) is 9.59 Å². The zero-order chi connectivity index (χ0) is 23.6. The quantitative estimate of drug-likeness (QED) is 0.484. The van der Waals surface area contributed by atoms with Crippen LogP contribution in [-0.2, 0) is 14.8 Å². The molecule has 172 valence electrons. The molecule has 1 saturated heterocycles. The number of benzene rings is 2. The average Bonchev–Trinajstić information content (AvgIpc) is 3.24. The fourth-order valence-electron chi connectivity index (χ4n) is 4.14. The molecule has 1 fully saturated rings. The Bertz CT molecular complexity index is 1260. The van der Waals surface area contributed by atoms with Gasteiger partial charge in [-0.2, -0.15) is 4.31 Å². The van der Waals surface area contributed by atoms with Crippen LogP contribution in [0.3, 0.4) is 0 Å². The van der Waals surface area contributed by atoms with Crippen LogP contribution in [0, 0.1) is 0 Å². The van der Waals surface area contributed by atoms with Crippen LogP contribution in [0.2, 0.25) is 0 Å². The highest BCUT2D eigenvalue weighted by Gasteiger charge is 2.34. The van der Waals surface area contributed by atoms with E-state index in [0.717, 1.165) is 10.9 Å². The summed E-state index contributed by atoms with van der Waals surface area (Å²) in [6.45, 7) is 5.59. The molecule has 0 radical (unpaired) electrons. The van der Waals surface area contributed by atoms with Crippen molar-refractivity contribution in [2.75, 3.05) is 11.9 Å². The van der Waals surface area contributed by atoms with Crippen molar-refractivity contribution >= 4 is 38.4 Å². The van der Waals surface area contributed by atoms with Crippen LogP contribution in [0.1, 0.15) is 30.3 Å². The van der Waals surface area contributed by atoms with Crippen molar-refractivity contribution < 1.29 is 18.0 Å². The number of para-hydroxylation sites is 1. The minimum atomic E-state index is -3.70. The van der Waals surface area contributed by atoms with E-state index in [-0.39, 0.29) is 28.8 Å². The van der Waals surface area contributed by atoms with Crippen molar-refractivity contribution in [3.63, 3.8) is 0 Å². The molecule has 2 unspecified atom stereocenters. The van der Waals surface area contributed by atoms with Crippen molar-refractivity contribution in [1.82, 2.24) is 14.6 Å². The average molecular weight is 467 g/mol. The summed E-state index contributed by atoms with van der Waals surface area (Å²) in [6, 6.07) is 15.2. The molecule has 8 nitrogen and oxygen atoms in total. The maximum absolute atomic E-state index is 13.2. The van der Waals surface area contributed by atoms with E-state index in [9.17, 15) is 18.0 Å². The second kappa shape index (κ2) is 9.21. The first-order valence-corrected chi connectivity index (χ1v) is 12.2. The molecular formula is C24H26N4O4S. The lowest BCUT2D eigenvalue weighted by Crippen LogP contribution is -2.50. The van der Waals surface area contributed by atoms with Crippen molar-refractivity contribution in [1.29, 1.82) is 0 Å². The number of nitrogens with zero attached hydrogens (tertiary/aromatic N) is 1. The molecule has 4 rings (SSSR count). The van der Waals surface area contributed by atoms with Crippen LogP contribution in [0.4, 0.5) is 5.69 Å². The third kappa shape index (κ3) is 4.84. The van der Waals surface area contributed by atoms with Gasteiger partial charge in [0, 0.05) is 35.2 Å². The molecule has 9 heteroatoms. The molecule has 0 spiro atoms. The van der Waals surface area contributed by atoms with E-state index in [0.29, 0.717) is 30.8 Å². The lowest BCUT2D eigenvalue weighted by atomic mass is 10.0. The summed E-state index contributed by atoms with van der Waals surface area (Å²) in [5.74, 6) is -0.562. The molecule has 2 atom stereocenters. The Kier molecular flexibility index (Phi) is 6.35. The van der Waals surface area contributed by atoms with Crippen LogP contribution in [-0.4, -0.2) is 48.1 Å². The highest BCUT2D eigenvalue weighted by Crippen LogP contribution is 2.26. The number of carbonyl (C=O) groups is 2. The molecule has 0 saturated carbocycles. The normalized spacial score (nSPS) is 19.2. The smallest absolute Gasteiger partial charge is 0.272 e. The first-order valence-electron chi connectivity index (χ1n) is 10.7. The Balaban J connectivity index is 1.43. The van der Waals surface area contributed by atoms with Crippen molar-refractivity contribution in [2.45, 2.75) is 36.7 Å². The molecule has 0 aliphatic carbocycles. The predicted molar refractivity (Wildman–Crippen MR) is 127 cm³/mol. The van der Waals surface area contributed by atoms with E-state index in [4.69, 9.17) is 0 Å². The van der Waals surface area contributed by atoms with Crippen LogP contribution in [0.15, 0.2) is 72.1 Å². The maximum Gasteiger partial charge on any atom is 0.272 e. The number of hydrogen-bond acceptors (Lipinski definition) is 4. The molecule has 1 aromatic heterocycles. The van der Waals surface area contributed by atoms with E-state index in [1.165, 1.54) is 22.5 Å². The molecule has 0 bridgehead atoms. The Labute approximate surface area is 192 Å². The molecule has 1 aliphatic heterocycles. The van der Waals surface area contributed by atoms with Crippen LogP contribution in [0.25, 0.3) is 10.9 Å². The number of piperidine rings is 1. The van der Waals surface area contributed by atoms with Gasteiger partial charge in [-0.05, 0) is 62.2 Å². The summed E-state index contributed by atoms with van der Waals surface area (Å²) in [5, 5.41) is 6.56. The van der Waals surface area contributed by atoms with Crippen molar-refractivity contribution in [3.8, 4) is 0 Å². The van der Waals surface area contributed by atoms with Crippen molar-refractivity contribution in [3.05, 3.63) is 72.9 Å². The van der Waals surface area contributed by atoms with E-state index >= 15 is 0 Å². The summed E-state index contributed by atoms with van der Waals surface area (Å²) >= 11 is 0. The fourth-order valence-corrected chi connectivity index (χ4v) is 5.80. The fraction of sp³-hybridized carbons (Fsp3) is 0.250. The lowest BCUT2D eigenvalue weighted by Gasteiger charge is -2.36. The van der Waals surface area contributed by atoms with Gasteiger partial charge in [0.05, 0.1) is 4.90 Å². The monoisotopic (exact) mass is 466 g/mol. The van der Waals surface area contributed by atoms with Crippen LogP contribution in [0.5, 0.6) is 0 Å². The topological polar surface area (TPSA) is 111 Å². The number of H-pyrrole nitrogens is 1. The van der Waals surface area contributed by atoms with E-state index in [2.05, 4.69) is 22.2 Å². The first-order chi connectivity index (χ1) is 15.8. The van der Waals surface area contributed by atoms with Crippen molar-refractivity contribution in [2.24, 2.45) is 0 Å². The summed E-state index contributed by atoms with van der Waals surface area (Å²) in [6.07, 6.45) is 2.27. The molecule has 2 aromatic carbocycles. The number of aromatic amines is 1. The molecule has 3 aromatic rings. The van der Waals surface area contributed by atoms with Gasteiger partial charge in [-0.1, -0.05) is 24.8 Å². The first kappa shape index (κ1) is 22.8. The number of anilines is 1. The minimum Gasteiger partial charge on any atom is -0.351 e. The lowest BCUT2D eigenvalue weighted by molar-refractivity contribution is -0.117. The third-order valence-corrected chi connectivity index (χ3v) is 7.87. The molecule has 33 heavy (non-hydrogen) atoms. The van der Waals surface area contributed by atoms with Gasteiger partial charge in [0.2, 0.25) is 15.9 Å². The number of aromatic nitrogens is 1. The Morgan fingerprint density at radius 2 is 1.88 bits per heavy atom. The maximum atomic E-state index is 13.2. The second-order valence-corrected chi connectivity index (χ2v) is 10.0. The highest BCUT2D eigenvalue weighted by molar-refractivity contribution is 7.89. The van der Waals surface area contributed by atoms with Gasteiger partial charge >= 0.3 is 0 Å². The summed E-state index contributed by atoms with van der Waals surface area (Å²) in [4.78, 5) is 27.3. The van der Waals surface area contributed by atoms with Crippen LogP contribution < -0.4 is 10.6 Å². The summed E-state index contributed by atoms with van der Waals surface area (Å²) in [5.41, 5.74) is 1.79. The number of rotatable bonds is 6. The van der Waals surface area contributed by atoms with Gasteiger partial charge in [0.1, 0.15) is 5.69 Å². The molecule has 3 N–H and O–H groups in total. The van der Waals surface area contributed by atoms with Gasteiger partial charge in [0.15, 0.2) is 0 Å². The standard InChI is InChI=1S/C24H26N4O4S/c1-3-23(29)25-19-12-13-28(16(2)14-19)33(31,32)20-10-8-18(9-11-20)26-24(30)22-15-17-6-4-5-7-21(17)27-22/h3-11,15-16,19,27H,1,12-14H2,2H3,(H,25,29)(H,26,30). The number of nitrogens with one attached hydrogen (secondary N) is 3. The molecule has 2 heterocycles. The Morgan fingerprint density at radius 3 is 2.55 bits per heavy atom. The molecular weight excluding hydrogens is 440 g/mol. The number of fused-ring (bicyclic) bond motifs is 1. The number of carbonyl (C=O) groups excluding carboxylic acids is 2. The second-order valence-electron chi connectivity index (χ2n) is 8.15. The number of amides is 2. The SMILES string of the molecule is C=CC(=O)NC1CCN(S(=O)(=O)c2ccc(NC(=O)c3cc4ccccc4[nH]3)cc2)C(C)C1. The van der Waals surface area contributed by atoms with E-state index in [1.807, 2.05) is 31.2 Å². The van der Waals surface area contributed by atoms with Gasteiger partial charge in [-0.15, -0.1) is 0 Å². The number of sulfonamides is 1. The molecule has 1 aliphatic rings. The van der Waals surface area contributed by atoms with Gasteiger partial charge in [-0.25, -0.2) is 8.42 Å². The summed E-state index contributed by atoms with van der Waals surface area (Å²) < 4.78 is 27.8. The van der Waals surface area contributed by atoms with Crippen LogP contribution >= 0.6 is 0 Å². The Hall–Kier alpha value is -3.43. The highest BCUT2D eigenvalue weighted by atomic mass is 32.2. The largest absolute Gasteiger partial charge is 0.351 e. The third-order valence-electron chi connectivity index (χ3n) is 5.84. The van der Waals surface area contributed by atoms with E-state index in [1.54, 1.807) is 18.2 Å². The van der Waals surface area contributed by atoms with Gasteiger partial charge in [0.25, 0.3) is 5.91 Å². The Morgan fingerprint density at radius 1 is 1.15 bits per heavy atom. The summed E-state index contributed by atoms with van der Waals surface area (Å²) in [7, 11) is -3.70. The minimum absolute atomic E-state index is 0.0841. The zero-order valence-electron chi connectivity index (χ0n) is 18.2. The van der Waals surface area contributed by atoms with E-state index < -0.39 is 10.0 Å². The molecule has 2 amide bonds. The zero-order valence-corrected chi connectivity index (χ0v) is 19.1.